The third-order valence-corrected chi connectivity index (χ3v) is 2.41. The third kappa shape index (κ3) is 3.19. The van der Waals surface area contributed by atoms with Crippen LogP contribution in [0.2, 0.25) is 0 Å². The zero-order chi connectivity index (χ0) is 15.1. The van der Waals surface area contributed by atoms with Crippen molar-refractivity contribution in [2.24, 2.45) is 5.84 Å². The number of nitro benzene ring substituents is 1. The molecule has 0 radical (unpaired) electrons. The number of nitrogens with one attached hydrogen (secondary N) is 1. The Balaban J connectivity index is 3.25. The van der Waals surface area contributed by atoms with Crippen LogP contribution in [-0.4, -0.2) is 28.8 Å². The highest BCUT2D eigenvalue weighted by Crippen LogP contribution is 2.22. The molecule has 0 aliphatic heterocycles. The number of amides is 1. The smallest absolute Gasteiger partial charge is 0.270 e. The summed E-state index contributed by atoms with van der Waals surface area (Å²) in [6.07, 6.45) is 0. The highest BCUT2D eigenvalue weighted by Gasteiger charge is 2.21. The minimum Gasteiger partial charge on any atom is -0.323 e. The van der Waals surface area contributed by atoms with Crippen LogP contribution in [0.15, 0.2) is 18.2 Å². The lowest BCUT2D eigenvalue weighted by atomic mass is 10.1. The number of hydrogen-bond donors (Lipinski definition) is 2. The summed E-state index contributed by atoms with van der Waals surface area (Å²) in [5, 5.41) is 28.0. The second-order valence-electron chi connectivity index (χ2n) is 3.61. The molecule has 0 fully saturated rings. The van der Waals surface area contributed by atoms with Crippen LogP contribution >= 0.6 is 0 Å². The van der Waals surface area contributed by atoms with Crippen LogP contribution in [0.5, 0.6) is 0 Å². The Morgan fingerprint density at radius 3 is 2.45 bits per heavy atom. The maximum atomic E-state index is 12.2. The number of anilines is 1. The number of nitrogens with two attached hydrogens (primary N) is 1. The molecule has 20 heavy (non-hydrogen) atoms. The predicted molar refractivity (Wildman–Crippen MR) is 68.0 cm³/mol. The molecule has 0 heterocycles. The number of rotatable bonds is 5. The van der Waals surface area contributed by atoms with Gasteiger partial charge in [-0.25, -0.2) is 0 Å². The number of hydrogen-bond acceptors (Lipinski definition) is 7. The summed E-state index contributed by atoms with van der Waals surface area (Å²) in [6, 6.07) is 7.00. The summed E-state index contributed by atoms with van der Waals surface area (Å²) in [6.45, 7) is -0.613. The van der Waals surface area contributed by atoms with Crippen LogP contribution in [0.4, 0.5) is 11.4 Å². The Morgan fingerprint density at radius 1 is 1.40 bits per heavy atom. The fourth-order valence-electron chi connectivity index (χ4n) is 1.49. The summed E-state index contributed by atoms with van der Waals surface area (Å²) in [7, 11) is 0. The molecule has 1 aromatic carbocycles. The molecule has 9 nitrogen and oxygen atoms in total. The molecular weight excluding hydrogens is 264 g/mol. The Bertz CT molecular complexity index is 600. The molecule has 102 valence electrons. The van der Waals surface area contributed by atoms with Gasteiger partial charge in [0.15, 0.2) is 0 Å². The van der Waals surface area contributed by atoms with Crippen molar-refractivity contribution in [3.05, 3.63) is 33.9 Å². The fraction of sp³-hybridized carbons (Fsp3) is 0.182. The fourth-order valence-corrected chi connectivity index (χ4v) is 1.49. The van der Waals surface area contributed by atoms with Crippen molar-refractivity contribution in [1.29, 1.82) is 10.5 Å². The lowest BCUT2D eigenvalue weighted by Gasteiger charge is -2.17. The normalized spacial score (nSPS) is 9.15. The summed E-state index contributed by atoms with van der Waals surface area (Å²) in [5.41, 5.74) is 2.05. The van der Waals surface area contributed by atoms with E-state index in [1.54, 1.807) is 12.1 Å². The van der Waals surface area contributed by atoms with Gasteiger partial charge in [0.05, 0.1) is 28.3 Å². The second-order valence-corrected chi connectivity index (χ2v) is 3.61. The van der Waals surface area contributed by atoms with Crippen molar-refractivity contribution in [3.63, 3.8) is 0 Å². The molecule has 0 saturated heterocycles. The van der Waals surface area contributed by atoms with Crippen LogP contribution in [0, 0.1) is 32.8 Å². The maximum Gasteiger partial charge on any atom is 0.270 e. The zero-order valence-electron chi connectivity index (χ0n) is 10.2. The Hall–Kier alpha value is -3.17. The van der Waals surface area contributed by atoms with Crippen LogP contribution < -0.4 is 11.3 Å². The van der Waals surface area contributed by atoms with Gasteiger partial charge in [0, 0.05) is 12.1 Å². The Morgan fingerprint density at radius 2 is 2.00 bits per heavy atom. The molecule has 0 saturated carbocycles. The molecule has 3 N–H and O–H groups in total. The number of nitro groups is 1. The third-order valence-electron chi connectivity index (χ3n) is 2.41. The quantitative estimate of drug-likeness (QED) is 0.341. The molecule has 0 spiro atoms. The van der Waals surface area contributed by atoms with Gasteiger partial charge in [-0.15, -0.1) is 0 Å². The summed E-state index contributed by atoms with van der Waals surface area (Å²) >= 11 is 0. The van der Waals surface area contributed by atoms with E-state index in [9.17, 15) is 14.9 Å². The summed E-state index contributed by atoms with van der Waals surface area (Å²) < 4.78 is 0. The number of benzene rings is 1. The number of hydrazine groups is 1. The molecule has 0 unspecified atom stereocenters. The molecule has 1 rings (SSSR count). The van der Waals surface area contributed by atoms with E-state index in [2.05, 4.69) is 5.43 Å². The monoisotopic (exact) mass is 274 g/mol. The van der Waals surface area contributed by atoms with E-state index < -0.39 is 10.8 Å². The Kier molecular flexibility index (Phi) is 4.97. The van der Waals surface area contributed by atoms with Gasteiger partial charge in [0.25, 0.3) is 11.6 Å². The van der Waals surface area contributed by atoms with Gasteiger partial charge in [-0.1, -0.05) is 0 Å². The predicted octanol–water partition coefficient (Wildman–Crippen LogP) is 0.370. The van der Waals surface area contributed by atoms with E-state index in [-0.39, 0.29) is 30.0 Å². The number of carbonyl (C=O) groups excluding carboxylic acids is 1. The average Bonchev–Trinajstić information content (AvgIpc) is 2.45. The standard InChI is InChI=1S/C11H10N6O3/c12-3-5-16(6-4-13)11(18)9-7-8(17(19)20)1-2-10(9)15-14/h1-2,7,15H,5-6,14H2. The lowest BCUT2D eigenvalue weighted by Crippen LogP contribution is -2.32. The molecule has 1 amide bonds. The first-order chi connectivity index (χ1) is 9.54. The molecular formula is C11H10N6O3. The molecule has 9 heteroatoms. The van der Waals surface area contributed by atoms with E-state index in [1.807, 2.05) is 0 Å². The van der Waals surface area contributed by atoms with Gasteiger partial charge in [0.2, 0.25) is 0 Å². The number of nitrogen functional groups attached to an aromatic ring is 1. The Labute approximate surface area is 113 Å². The largest absolute Gasteiger partial charge is 0.323 e. The van der Waals surface area contributed by atoms with E-state index in [0.717, 1.165) is 11.0 Å². The minimum absolute atomic E-state index is 0.0767. The van der Waals surface area contributed by atoms with Gasteiger partial charge >= 0.3 is 0 Å². The van der Waals surface area contributed by atoms with Crippen molar-refractivity contribution in [3.8, 4) is 12.1 Å². The van der Waals surface area contributed by atoms with Crippen LogP contribution in [-0.2, 0) is 0 Å². The van der Waals surface area contributed by atoms with E-state index in [1.165, 1.54) is 12.1 Å². The molecule has 0 aromatic heterocycles. The van der Waals surface area contributed by atoms with E-state index in [0.29, 0.717) is 0 Å². The topological polar surface area (TPSA) is 149 Å². The number of non-ortho nitro benzene ring substituents is 1. The lowest BCUT2D eigenvalue weighted by molar-refractivity contribution is -0.384. The minimum atomic E-state index is -0.690. The maximum absolute atomic E-state index is 12.2. The van der Waals surface area contributed by atoms with Gasteiger partial charge in [-0.2, -0.15) is 10.5 Å². The number of nitrogens with zero attached hydrogens (tertiary/aromatic N) is 4. The van der Waals surface area contributed by atoms with Crippen LogP contribution in [0.25, 0.3) is 0 Å². The van der Waals surface area contributed by atoms with Crippen molar-refractivity contribution in [2.75, 3.05) is 18.5 Å². The van der Waals surface area contributed by atoms with Crippen LogP contribution in [0.3, 0.4) is 0 Å². The molecule has 0 aliphatic rings. The van der Waals surface area contributed by atoms with Crippen molar-refractivity contribution in [1.82, 2.24) is 4.90 Å². The SMILES string of the molecule is N#CCN(CC#N)C(=O)c1cc([N+](=O)[O-])ccc1NN. The van der Waals surface area contributed by atoms with E-state index >= 15 is 0 Å². The van der Waals surface area contributed by atoms with Gasteiger partial charge in [0.1, 0.15) is 13.1 Å². The summed E-state index contributed by atoms with van der Waals surface area (Å²) in [5.74, 6) is 4.55. The first-order valence-electron chi connectivity index (χ1n) is 5.33. The number of carbonyl (C=O) groups is 1. The van der Waals surface area contributed by atoms with Gasteiger partial charge in [-0.3, -0.25) is 20.8 Å². The van der Waals surface area contributed by atoms with Gasteiger partial charge in [-0.05, 0) is 6.07 Å². The zero-order valence-corrected chi connectivity index (χ0v) is 10.2. The highest BCUT2D eigenvalue weighted by atomic mass is 16.6. The second kappa shape index (κ2) is 6.68. The van der Waals surface area contributed by atoms with Crippen molar-refractivity contribution < 1.29 is 9.72 Å². The van der Waals surface area contributed by atoms with Crippen LogP contribution in [0.1, 0.15) is 10.4 Å². The average molecular weight is 274 g/mol. The number of nitriles is 2. The molecule has 0 aliphatic carbocycles. The van der Waals surface area contributed by atoms with Gasteiger partial charge < -0.3 is 10.3 Å². The van der Waals surface area contributed by atoms with Crippen molar-refractivity contribution >= 4 is 17.3 Å². The molecule has 0 atom stereocenters. The van der Waals surface area contributed by atoms with Crippen molar-refractivity contribution in [2.45, 2.75) is 0 Å². The first kappa shape index (κ1) is 14.9. The summed E-state index contributed by atoms with van der Waals surface area (Å²) in [4.78, 5) is 23.2. The molecule has 0 bridgehead atoms. The van der Waals surface area contributed by atoms with E-state index in [4.69, 9.17) is 16.4 Å². The first-order valence-corrected chi connectivity index (χ1v) is 5.33. The molecule has 1 aromatic rings. The highest BCUT2D eigenvalue weighted by molar-refractivity contribution is 6.00.